The summed E-state index contributed by atoms with van der Waals surface area (Å²) in [6.45, 7) is 3.73. The summed E-state index contributed by atoms with van der Waals surface area (Å²) in [6.07, 6.45) is 3.71. The molecule has 0 N–H and O–H groups in total. The van der Waals surface area contributed by atoms with Gasteiger partial charge in [0.05, 0.1) is 12.3 Å². The number of hydrogen-bond acceptors (Lipinski definition) is 6. The summed E-state index contributed by atoms with van der Waals surface area (Å²) >= 11 is 0. The van der Waals surface area contributed by atoms with E-state index in [1.807, 2.05) is 4.90 Å². The highest BCUT2D eigenvalue weighted by Crippen LogP contribution is 2.24. The summed E-state index contributed by atoms with van der Waals surface area (Å²) in [5, 5.41) is 0. The van der Waals surface area contributed by atoms with Crippen LogP contribution in [-0.4, -0.2) is 62.1 Å². The number of piperidine rings is 2. The Morgan fingerprint density at radius 1 is 1.11 bits per heavy atom. The molecule has 9 heteroatoms. The van der Waals surface area contributed by atoms with E-state index >= 15 is 0 Å². The summed E-state index contributed by atoms with van der Waals surface area (Å²) in [4.78, 5) is 26.0. The zero-order valence-corrected chi connectivity index (χ0v) is 16.5. The van der Waals surface area contributed by atoms with Crippen LogP contribution < -0.4 is 10.4 Å². The lowest BCUT2D eigenvalue weighted by Gasteiger charge is -2.36. The summed E-state index contributed by atoms with van der Waals surface area (Å²) in [5.74, 6) is 1.01. The van der Waals surface area contributed by atoms with Crippen molar-refractivity contribution in [3.63, 3.8) is 0 Å². The number of ether oxygens (including phenoxy) is 1. The monoisotopic (exact) mass is 398 g/mol. The minimum Gasteiger partial charge on any atom is -0.490 e. The molecule has 0 saturated carbocycles. The van der Waals surface area contributed by atoms with Gasteiger partial charge >= 0.3 is 5.63 Å². The Morgan fingerprint density at radius 3 is 2.30 bits per heavy atom. The normalized spacial score (nSPS) is 20.6. The number of amides is 1. The predicted octanol–water partition coefficient (Wildman–Crippen LogP) is 0.990. The van der Waals surface area contributed by atoms with Crippen molar-refractivity contribution >= 4 is 15.9 Å². The van der Waals surface area contributed by atoms with Gasteiger partial charge in [0.2, 0.25) is 15.9 Å². The molecule has 150 valence electrons. The fraction of sp³-hybridized carbons (Fsp3) is 0.667. The van der Waals surface area contributed by atoms with Gasteiger partial charge in [0.15, 0.2) is 0 Å². The van der Waals surface area contributed by atoms with E-state index < -0.39 is 15.6 Å². The number of hydrogen-bond donors (Lipinski definition) is 0. The fourth-order valence-corrected chi connectivity index (χ4v) is 4.60. The molecule has 2 fully saturated rings. The van der Waals surface area contributed by atoms with Gasteiger partial charge in [-0.25, -0.2) is 17.5 Å². The molecule has 3 rings (SSSR count). The van der Waals surface area contributed by atoms with Crippen molar-refractivity contribution in [1.29, 1.82) is 0 Å². The highest BCUT2D eigenvalue weighted by atomic mass is 32.2. The Kier molecular flexibility index (Phi) is 5.90. The van der Waals surface area contributed by atoms with Gasteiger partial charge in [-0.05, 0) is 19.8 Å². The van der Waals surface area contributed by atoms with E-state index in [0.29, 0.717) is 63.4 Å². The van der Waals surface area contributed by atoms with Crippen molar-refractivity contribution in [1.82, 2.24) is 9.21 Å². The number of carbonyl (C=O) groups is 1. The summed E-state index contributed by atoms with van der Waals surface area (Å²) in [6, 6.07) is 3.02. The van der Waals surface area contributed by atoms with Crippen molar-refractivity contribution in [3.05, 3.63) is 28.3 Å². The second-order valence-electron chi connectivity index (χ2n) is 7.30. The molecule has 0 spiro atoms. The Labute approximate surface area is 159 Å². The lowest BCUT2D eigenvalue weighted by molar-refractivity contribution is -0.138. The van der Waals surface area contributed by atoms with Crippen molar-refractivity contribution in [3.8, 4) is 5.75 Å². The SMILES string of the molecule is Cc1cc(OC2CCN(C(=O)C3CCN(S(C)(=O)=O)CC3)CC2)cc(=O)o1. The van der Waals surface area contributed by atoms with E-state index in [4.69, 9.17) is 9.15 Å². The van der Waals surface area contributed by atoms with E-state index in [-0.39, 0.29) is 17.9 Å². The molecule has 3 heterocycles. The van der Waals surface area contributed by atoms with E-state index in [2.05, 4.69) is 0 Å². The third-order valence-corrected chi connectivity index (χ3v) is 6.50. The van der Waals surface area contributed by atoms with Crippen LogP contribution in [0.1, 0.15) is 31.4 Å². The highest BCUT2D eigenvalue weighted by molar-refractivity contribution is 7.88. The molecule has 27 heavy (non-hydrogen) atoms. The van der Waals surface area contributed by atoms with Crippen molar-refractivity contribution in [2.45, 2.75) is 38.7 Å². The summed E-state index contributed by atoms with van der Waals surface area (Å²) in [5.41, 5.74) is -0.432. The van der Waals surface area contributed by atoms with Crippen molar-refractivity contribution in [2.24, 2.45) is 5.92 Å². The maximum absolute atomic E-state index is 12.7. The Morgan fingerprint density at radius 2 is 1.74 bits per heavy atom. The number of likely N-dealkylation sites (tertiary alicyclic amines) is 1. The first-order valence-electron chi connectivity index (χ1n) is 9.25. The van der Waals surface area contributed by atoms with Crippen LogP contribution in [0.25, 0.3) is 0 Å². The molecule has 0 radical (unpaired) electrons. The lowest BCUT2D eigenvalue weighted by atomic mass is 9.95. The second kappa shape index (κ2) is 8.02. The van der Waals surface area contributed by atoms with Gasteiger partial charge < -0.3 is 14.1 Å². The van der Waals surface area contributed by atoms with Crippen LogP contribution in [0.2, 0.25) is 0 Å². The highest BCUT2D eigenvalue weighted by Gasteiger charge is 2.33. The van der Waals surface area contributed by atoms with Gasteiger partial charge in [-0.3, -0.25) is 4.79 Å². The van der Waals surface area contributed by atoms with Gasteiger partial charge in [-0.2, -0.15) is 0 Å². The van der Waals surface area contributed by atoms with Crippen molar-refractivity contribution in [2.75, 3.05) is 32.4 Å². The molecular weight excluding hydrogens is 372 g/mol. The summed E-state index contributed by atoms with van der Waals surface area (Å²) < 4.78 is 35.4. The molecule has 8 nitrogen and oxygen atoms in total. The van der Waals surface area contributed by atoms with Gasteiger partial charge in [-0.15, -0.1) is 0 Å². The van der Waals surface area contributed by atoms with Crippen LogP contribution in [0.5, 0.6) is 5.75 Å². The largest absolute Gasteiger partial charge is 0.490 e. The first kappa shape index (κ1) is 19.9. The number of carbonyl (C=O) groups excluding carboxylic acids is 1. The molecule has 0 atom stereocenters. The van der Waals surface area contributed by atoms with Gasteiger partial charge in [-0.1, -0.05) is 0 Å². The third-order valence-electron chi connectivity index (χ3n) is 5.20. The van der Waals surface area contributed by atoms with Crippen LogP contribution in [0.15, 0.2) is 21.3 Å². The van der Waals surface area contributed by atoms with E-state index in [0.717, 1.165) is 0 Å². The minimum atomic E-state index is -3.18. The smallest absolute Gasteiger partial charge is 0.339 e. The molecule has 0 aliphatic carbocycles. The zero-order chi connectivity index (χ0) is 19.6. The third kappa shape index (κ3) is 5.10. The van der Waals surface area contributed by atoms with Crippen LogP contribution >= 0.6 is 0 Å². The Bertz CT molecular complexity index is 834. The predicted molar refractivity (Wildman–Crippen MR) is 99.1 cm³/mol. The van der Waals surface area contributed by atoms with Gasteiger partial charge in [0, 0.05) is 51.0 Å². The maximum atomic E-state index is 12.7. The van der Waals surface area contributed by atoms with E-state index in [9.17, 15) is 18.0 Å². The number of aryl methyl sites for hydroxylation is 1. The van der Waals surface area contributed by atoms with Crippen LogP contribution in [0.4, 0.5) is 0 Å². The maximum Gasteiger partial charge on any atom is 0.339 e. The Hall–Kier alpha value is -1.87. The molecule has 0 unspecified atom stereocenters. The number of sulfonamides is 1. The first-order valence-corrected chi connectivity index (χ1v) is 11.1. The quantitative estimate of drug-likeness (QED) is 0.750. The molecule has 1 aromatic heterocycles. The van der Waals surface area contributed by atoms with Crippen LogP contribution in [0, 0.1) is 12.8 Å². The standard InChI is InChI=1S/C18H26N2O6S/c1-13-11-16(12-17(21)25-13)26-15-5-7-19(8-6-15)18(22)14-3-9-20(10-4-14)27(2,23)24/h11-12,14-15H,3-10H2,1-2H3. The molecule has 0 aromatic carbocycles. The molecule has 0 bridgehead atoms. The van der Waals surface area contributed by atoms with Crippen LogP contribution in [0.3, 0.4) is 0 Å². The molecular formula is C18H26N2O6S. The van der Waals surface area contributed by atoms with E-state index in [1.165, 1.54) is 16.6 Å². The zero-order valence-electron chi connectivity index (χ0n) is 15.7. The summed E-state index contributed by atoms with van der Waals surface area (Å²) in [7, 11) is -3.18. The van der Waals surface area contributed by atoms with Gasteiger partial charge in [0.25, 0.3) is 0 Å². The lowest BCUT2D eigenvalue weighted by Crippen LogP contribution is -2.47. The minimum absolute atomic E-state index is 0.0395. The second-order valence-corrected chi connectivity index (χ2v) is 9.28. The molecule has 2 saturated heterocycles. The van der Waals surface area contributed by atoms with Crippen LogP contribution in [-0.2, 0) is 14.8 Å². The Balaban J connectivity index is 1.49. The number of rotatable bonds is 4. The first-order chi connectivity index (χ1) is 12.7. The average molecular weight is 398 g/mol. The fourth-order valence-electron chi connectivity index (χ4n) is 3.72. The van der Waals surface area contributed by atoms with Gasteiger partial charge in [0.1, 0.15) is 17.6 Å². The number of nitrogens with zero attached hydrogens (tertiary/aromatic N) is 2. The van der Waals surface area contributed by atoms with Crippen molar-refractivity contribution < 1.29 is 22.4 Å². The topological polar surface area (TPSA) is 97.1 Å². The molecule has 1 aromatic rings. The molecule has 1 amide bonds. The molecule has 2 aliphatic rings. The average Bonchev–Trinajstić information content (AvgIpc) is 2.60. The van der Waals surface area contributed by atoms with E-state index in [1.54, 1.807) is 13.0 Å². The molecule has 2 aliphatic heterocycles.